The first kappa shape index (κ1) is 19.4. The van der Waals surface area contributed by atoms with E-state index in [1.165, 1.54) is 33.5 Å². The van der Waals surface area contributed by atoms with Gasteiger partial charge in [0.2, 0.25) is 0 Å². The van der Waals surface area contributed by atoms with E-state index in [0.29, 0.717) is 18.8 Å². The lowest BCUT2D eigenvalue weighted by Crippen LogP contribution is -2.65. The summed E-state index contributed by atoms with van der Waals surface area (Å²) in [5, 5.41) is 0. The smallest absolute Gasteiger partial charge is 0.313 e. The molecule has 0 N–H and O–H groups in total. The van der Waals surface area contributed by atoms with Gasteiger partial charge in [-0.25, -0.2) is 0 Å². The second-order valence-corrected chi connectivity index (χ2v) is 11.4. The molecule has 0 aromatic heterocycles. The molecule has 164 valence electrons. The van der Waals surface area contributed by atoms with Crippen LogP contribution in [0.4, 0.5) is 0 Å². The summed E-state index contributed by atoms with van der Waals surface area (Å²) in [5.41, 5.74) is -1.28. The Morgan fingerprint density at radius 2 is 1.63 bits per heavy atom. The van der Waals surface area contributed by atoms with Crippen LogP contribution in [0, 0.1) is 63.6 Å². The van der Waals surface area contributed by atoms with Gasteiger partial charge in [-0.15, -0.1) is 0 Å². The lowest BCUT2D eigenvalue weighted by molar-refractivity contribution is -0.212. The van der Waals surface area contributed by atoms with Gasteiger partial charge in [0, 0.05) is 0 Å². The molecular formula is C26H36O4. The molecule has 0 aliphatic heterocycles. The highest BCUT2D eigenvalue weighted by Crippen LogP contribution is 2.84. The van der Waals surface area contributed by atoms with Gasteiger partial charge in [-0.3, -0.25) is 9.59 Å². The van der Waals surface area contributed by atoms with Crippen LogP contribution < -0.4 is 0 Å². The molecule has 11 atom stereocenters. The summed E-state index contributed by atoms with van der Waals surface area (Å²) in [4.78, 5) is 27.1. The van der Waals surface area contributed by atoms with Crippen LogP contribution in [0.2, 0.25) is 0 Å². The molecule has 0 heterocycles. The summed E-state index contributed by atoms with van der Waals surface area (Å²) < 4.78 is 11.0. The van der Waals surface area contributed by atoms with Crippen LogP contribution in [0.15, 0.2) is 12.2 Å². The van der Waals surface area contributed by atoms with Gasteiger partial charge in [-0.05, 0) is 97.7 Å². The maximum Gasteiger partial charge on any atom is 0.313 e. The van der Waals surface area contributed by atoms with Crippen molar-refractivity contribution in [2.75, 3.05) is 14.2 Å². The third-order valence-electron chi connectivity index (χ3n) is 11.7. The fraction of sp³-hybridized carbons (Fsp3) is 0.846. The summed E-state index contributed by atoms with van der Waals surface area (Å²) in [7, 11) is 3.01. The maximum absolute atomic E-state index is 13.6. The van der Waals surface area contributed by atoms with Gasteiger partial charge in [0.25, 0.3) is 0 Å². The first-order chi connectivity index (χ1) is 14.5. The summed E-state index contributed by atoms with van der Waals surface area (Å²) in [6.07, 6.45) is 12.1. The first-order valence-corrected chi connectivity index (χ1v) is 12.3. The number of carbonyl (C=O) groups is 2. The van der Waals surface area contributed by atoms with Gasteiger partial charge in [-0.1, -0.05) is 26.0 Å². The highest BCUT2D eigenvalue weighted by atomic mass is 16.5. The number of hydrogen-bond donors (Lipinski definition) is 0. The minimum Gasteiger partial charge on any atom is -0.469 e. The van der Waals surface area contributed by atoms with Crippen molar-refractivity contribution >= 4 is 11.9 Å². The van der Waals surface area contributed by atoms with Crippen molar-refractivity contribution in [1.29, 1.82) is 0 Å². The molecule has 6 aliphatic rings. The van der Waals surface area contributed by atoms with E-state index >= 15 is 0 Å². The number of esters is 2. The number of hydrogen-bond acceptors (Lipinski definition) is 4. The number of fused-ring (bicyclic) bond motifs is 9. The number of methoxy groups -OCH3 is 2. The molecular weight excluding hydrogens is 376 g/mol. The highest BCUT2D eigenvalue weighted by molar-refractivity contribution is 5.89. The molecule has 30 heavy (non-hydrogen) atoms. The average Bonchev–Trinajstić information content (AvgIpc) is 3.55. The summed E-state index contributed by atoms with van der Waals surface area (Å²) in [6.45, 7) is 4.20. The normalized spacial score (nSPS) is 56.1. The molecule has 6 aliphatic carbocycles. The predicted molar refractivity (Wildman–Crippen MR) is 112 cm³/mol. The fourth-order valence-electron chi connectivity index (χ4n) is 11.3. The summed E-state index contributed by atoms with van der Waals surface area (Å²) >= 11 is 0. The largest absolute Gasteiger partial charge is 0.469 e. The van der Waals surface area contributed by atoms with Crippen molar-refractivity contribution in [3.63, 3.8) is 0 Å². The van der Waals surface area contributed by atoms with E-state index in [0.717, 1.165) is 48.3 Å². The van der Waals surface area contributed by atoms with E-state index in [2.05, 4.69) is 26.0 Å². The summed E-state index contributed by atoms with van der Waals surface area (Å²) in [6, 6.07) is 0. The van der Waals surface area contributed by atoms with Gasteiger partial charge < -0.3 is 9.47 Å². The Labute approximate surface area is 180 Å². The van der Waals surface area contributed by atoms with Crippen molar-refractivity contribution in [3.05, 3.63) is 12.2 Å². The second kappa shape index (κ2) is 5.92. The molecule has 0 amide bonds. The Hall–Kier alpha value is -1.32. The standard InChI is InChI=1S/C26H36O4/c1-5-25(22(27)29-3)13-24-10-9-17(26(25,6-2)23(28)30-4)21(24)16-12-18(24)20-15-8-7-14(11-15)19(16)20/h7-8,14-21H,5-6,9-13H2,1-4H3. The fourth-order valence-corrected chi connectivity index (χ4v) is 11.3. The molecule has 0 aromatic rings. The van der Waals surface area contributed by atoms with Crippen LogP contribution >= 0.6 is 0 Å². The quantitative estimate of drug-likeness (QED) is 0.384. The van der Waals surface area contributed by atoms with Crippen molar-refractivity contribution in [2.24, 2.45) is 63.6 Å². The van der Waals surface area contributed by atoms with Gasteiger partial charge >= 0.3 is 11.9 Å². The molecule has 5 fully saturated rings. The number of allylic oxidation sites excluding steroid dienone is 2. The van der Waals surface area contributed by atoms with Crippen LogP contribution in [-0.2, 0) is 19.1 Å². The van der Waals surface area contributed by atoms with E-state index in [-0.39, 0.29) is 23.3 Å². The molecule has 5 saturated carbocycles. The second-order valence-electron chi connectivity index (χ2n) is 11.4. The molecule has 0 saturated heterocycles. The van der Waals surface area contributed by atoms with Gasteiger partial charge in [-0.2, -0.15) is 0 Å². The molecule has 6 rings (SSSR count). The first-order valence-electron chi connectivity index (χ1n) is 12.3. The van der Waals surface area contributed by atoms with E-state index in [4.69, 9.17) is 9.47 Å². The molecule has 11 unspecified atom stereocenters. The Balaban J connectivity index is 1.54. The minimum atomic E-state index is -0.755. The Kier molecular flexibility index (Phi) is 3.82. The zero-order valence-corrected chi connectivity index (χ0v) is 18.9. The van der Waals surface area contributed by atoms with E-state index in [9.17, 15) is 9.59 Å². The monoisotopic (exact) mass is 412 g/mol. The van der Waals surface area contributed by atoms with Crippen LogP contribution in [0.5, 0.6) is 0 Å². The van der Waals surface area contributed by atoms with Crippen molar-refractivity contribution in [2.45, 2.75) is 58.8 Å². The van der Waals surface area contributed by atoms with Crippen LogP contribution in [0.3, 0.4) is 0 Å². The Morgan fingerprint density at radius 3 is 2.27 bits per heavy atom. The summed E-state index contributed by atoms with van der Waals surface area (Å²) in [5.74, 6) is 5.13. The van der Waals surface area contributed by atoms with E-state index < -0.39 is 10.8 Å². The highest BCUT2D eigenvalue weighted by Gasteiger charge is 2.82. The number of carbonyl (C=O) groups excluding carboxylic acids is 2. The lowest BCUT2D eigenvalue weighted by atomic mass is 9.40. The Bertz CT molecular complexity index is 833. The molecule has 0 spiro atoms. The molecule has 6 bridgehead atoms. The zero-order valence-electron chi connectivity index (χ0n) is 18.9. The topological polar surface area (TPSA) is 52.6 Å². The van der Waals surface area contributed by atoms with Crippen LogP contribution in [-0.4, -0.2) is 26.2 Å². The van der Waals surface area contributed by atoms with Crippen LogP contribution in [0.1, 0.15) is 58.8 Å². The average molecular weight is 413 g/mol. The maximum atomic E-state index is 13.6. The SMILES string of the molecule is CCC1(C(=O)OC)CC23CCC(C2C2CC3C3C4C=CC(C4)C23)C1(CC)C(=O)OC. The van der Waals surface area contributed by atoms with Crippen molar-refractivity contribution < 1.29 is 19.1 Å². The number of ether oxygens (including phenoxy) is 2. The van der Waals surface area contributed by atoms with Gasteiger partial charge in [0.05, 0.1) is 25.0 Å². The minimum absolute atomic E-state index is 0.162. The third-order valence-corrected chi connectivity index (χ3v) is 11.7. The van der Waals surface area contributed by atoms with Crippen molar-refractivity contribution in [1.82, 2.24) is 0 Å². The Morgan fingerprint density at radius 1 is 0.933 bits per heavy atom. The van der Waals surface area contributed by atoms with E-state index in [1.54, 1.807) is 0 Å². The molecule has 0 radical (unpaired) electrons. The molecule has 4 heteroatoms. The lowest BCUT2D eigenvalue weighted by Gasteiger charge is -2.62. The van der Waals surface area contributed by atoms with Crippen LogP contribution in [0.25, 0.3) is 0 Å². The molecule has 4 nitrogen and oxygen atoms in total. The zero-order chi connectivity index (χ0) is 21.1. The number of rotatable bonds is 4. The van der Waals surface area contributed by atoms with E-state index in [1.807, 2.05) is 0 Å². The third kappa shape index (κ3) is 1.74. The molecule has 0 aromatic carbocycles. The van der Waals surface area contributed by atoms with Gasteiger partial charge in [0.1, 0.15) is 0 Å². The van der Waals surface area contributed by atoms with Crippen molar-refractivity contribution in [3.8, 4) is 0 Å². The van der Waals surface area contributed by atoms with Gasteiger partial charge in [0.15, 0.2) is 0 Å². The predicted octanol–water partition coefficient (Wildman–Crippen LogP) is 4.63.